The van der Waals surface area contributed by atoms with Crippen molar-refractivity contribution in [3.63, 3.8) is 0 Å². The van der Waals surface area contributed by atoms with Gasteiger partial charge >= 0.3 is 0 Å². The molecule has 0 aliphatic heterocycles. The van der Waals surface area contributed by atoms with Gasteiger partial charge in [0.1, 0.15) is 0 Å². The van der Waals surface area contributed by atoms with Crippen LogP contribution in [0.2, 0.25) is 0 Å². The molecular weight excluding hydrogens is 146 g/mol. The summed E-state index contributed by atoms with van der Waals surface area (Å²) >= 11 is 0. The van der Waals surface area contributed by atoms with Gasteiger partial charge in [0.2, 0.25) is 0 Å². The molecule has 0 amide bonds. The van der Waals surface area contributed by atoms with Gasteiger partial charge in [0.15, 0.2) is 0 Å². The number of rotatable bonds is 1. The van der Waals surface area contributed by atoms with Gasteiger partial charge in [-0.3, -0.25) is 0 Å². The van der Waals surface area contributed by atoms with Crippen LogP contribution in [-0.4, -0.2) is 0 Å². The summed E-state index contributed by atoms with van der Waals surface area (Å²) in [6.07, 6.45) is 5.15. The molecule has 0 saturated heterocycles. The van der Waals surface area contributed by atoms with Crippen molar-refractivity contribution in [2.45, 2.75) is 6.92 Å². The lowest BCUT2D eigenvalue weighted by Crippen LogP contribution is -1.75. The molecule has 0 aromatic heterocycles. The van der Waals surface area contributed by atoms with Crippen LogP contribution in [0, 0.1) is 0 Å². The van der Waals surface area contributed by atoms with E-state index in [9.17, 15) is 0 Å². The van der Waals surface area contributed by atoms with E-state index in [4.69, 9.17) is 5.73 Å². The predicted octanol–water partition coefficient (Wildman–Crippen LogP) is 2.81. The van der Waals surface area contributed by atoms with Crippen molar-refractivity contribution in [2.75, 3.05) is 0 Å². The highest BCUT2D eigenvalue weighted by Gasteiger charge is 1.77. The van der Waals surface area contributed by atoms with Gasteiger partial charge in [-0.15, -0.1) is 6.58 Å². The fraction of sp³-hybridized carbons (Fsp3) is 0.0909. The first-order chi connectivity index (χ1) is 5.85. The summed E-state index contributed by atoms with van der Waals surface area (Å²) in [6.45, 7) is 5.25. The van der Waals surface area contributed by atoms with Crippen LogP contribution in [0.1, 0.15) is 12.5 Å². The Labute approximate surface area is 74.2 Å². The summed E-state index contributed by atoms with van der Waals surface area (Å²) in [5, 5.41) is 0. The number of benzene rings is 1. The Hall–Kier alpha value is -1.50. The molecule has 0 atom stereocenters. The average molecular weight is 161 g/mol. The van der Waals surface area contributed by atoms with Gasteiger partial charge in [-0.25, -0.2) is 0 Å². The van der Waals surface area contributed by atoms with Crippen molar-refractivity contribution in [3.8, 4) is 0 Å². The highest BCUT2D eigenvalue weighted by atomic mass is 14.5. The minimum atomic E-state index is 1.14. The molecule has 0 aliphatic rings. The zero-order chi connectivity index (χ0) is 9.23. The molecule has 0 saturated carbocycles. The molecule has 2 N–H and O–H groups in total. The first-order valence-electron chi connectivity index (χ1n) is 3.85. The molecule has 1 aromatic carbocycles. The lowest BCUT2D eigenvalue weighted by atomic mass is 10.2. The topological polar surface area (TPSA) is 26.0 Å². The molecule has 0 spiro atoms. The molecule has 1 heteroatoms. The molecule has 64 valence electrons. The number of hydrogen-bond acceptors (Lipinski definition) is 1. The van der Waals surface area contributed by atoms with Crippen LogP contribution in [0.3, 0.4) is 0 Å². The van der Waals surface area contributed by atoms with Crippen LogP contribution >= 0.6 is 0 Å². The Balaban J connectivity index is 0.000000354. The van der Waals surface area contributed by atoms with E-state index in [1.165, 1.54) is 6.20 Å². The average Bonchev–Trinajstić information content (AvgIpc) is 2.08. The Morgan fingerprint density at radius 3 is 2.17 bits per heavy atom. The Bertz CT molecular complexity index is 224. The van der Waals surface area contributed by atoms with E-state index in [0.29, 0.717) is 0 Å². The van der Waals surface area contributed by atoms with Crippen molar-refractivity contribution in [2.24, 2.45) is 5.73 Å². The van der Waals surface area contributed by atoms with E-state index in [1.807, 2.05) is 43.3 Å². The molecule has 0 fully saturated rings. The standard InChI is InChI=1S/C8H9N.C3H6/c9-7-6-8-4-2-1-3-5-8;1-3-2/h1-7H,9H2;3H,1H2,2H3/b7-6-;. The largest absolute Gasteiger partial charge is 0.405 e. The van der Waals surface area contributed by atoms with E-state index in [-0.39, 0.29) is 0 Å². The maximum Gasteiger partial charge on any atom is -0.00564 e. The summed E-state index contributed by atoms with van der Waals surface area (Å²) < 4.78 is 0. The molecule has 0 heterocycles. The second-order valence-electron chi connectivity index (χ2n) is 2.18. The van der Waals surface area contributed by atoms with E-state index in [1.54, 1.807) is 6.08 Å². The highest BCUT2D eigenvalue weighted by molar-refractivity contribution is 5.47. The number of hydrogen-bond donors (Lipinski definition) is 1. The molecule has 1 rings (SSSR count). The SMILES string of the molecule is C=CC.N/C=C\c1ccccc1. The van der Waals surface area contributed by atoms with Crippen molar-refractivity contribution in [1.82, 2.24) is 0 Å². The lowest BCUT2D eigenvalue weighted by molar-refractivity contribution is 1.60. The number of allylic oxidation sites excluding steroid dienone is 1. The van der Waals surface area contributed by atoms with Crippen molar-refractivity contribution < 1.29 is 0 Å². The van der Waals surface area contributed by atoms with E-state index < -0.39 is 0 Å². The van der Waals surface area contributed by atoms with Crippen LogP contribution in [0.4, 0.5) is 0 Å². The first kappa shape index (κ1) is 10.5. The molecule has 0 radical (unpaired) electrons. The molecule has 1 nitrogen and oxygen atoms in total. The highest BCUT2D eigenvalue weighted by Crippen LogP contribution is 1.98. The third kappa shape index (κ3) is 5.30. The van der Waals surface area contributed by atoms with Crippen LogP contribution in [0.25, 0.3) is 6.08 Å². The van der Waals surface area contributed by atoms with Crippen molar-refractivity contribution in [3.05, 3.63) is 54.8 Å². The summed E-state index contributed by atoms with van der Waals surface area (Å²) in [4.78, 5) is 0. The second kappa shape index (κ2) is 7.61. The second-order valence-corrected chi connectivity index (χ2v) is 2.18. The third-order valence-corrected chi connectivity index (χ3v) is 1.09. The maximum absolute atomic E-state index is 5.18. The summed E-state index contributed by atoms with van der Waals surface area (Å²) in [6, 6.07) is 9.95. The van der Waals surface area contributed by atoms with Crippen LogP contribution in [0.15, 0.2) is 49.2 Å². The van der Waals surface area contributed by atoms with Gasteiger partial charge in [-0.2, -0.15) is 0 Å². The smallest absolute Gasteiger partial charge is 0.00564 e. The Kier molecular flexibility index (Phi) is 6.65. The van der Waals surface area contributed by atoms with Crippen LogP contribution in [-0.2, 0) is 0 Å². The van der Waals surface area contributed by atoms with Gasteiger partial charge in [-0.1, -0.05) is 36.4 Å². The molecule has 0 aliphatic carbocycles. The first-order valence-corrected chi connectivity index (χ1v) is 3.85. The zero-order valence-electron chi connectivity index (χ0n) is 7.40. The van der Waals surface area contributed by atoms with Crippen LogP contribution < -0.4 is 5.73 Å². The van der Waals surface area contributed by atoms with Crippen molar-refractivity contribution >= 4 is 6.08 Å². The molecule has 0 bridgehead atoms. The fourth-order valence-electron chi connectivity index (χ4n) is 0.675. The monoisotopic (exact) mass is 161 g/mol. The van der Waals surface area contributed by atoms with Crippen molar-refractivity contribution in [1.29, 1.82) is 0 Å². The maximum atomic E-state index is 5.18. The molecule has 1 aromatic rings. The Morgan fingerprint density at radius 1 is 1.25 bits per heavy atom. The van der Waals surface area contributed by atoms with E-state index in [2.05, 4.69) is 6.58 Å². The molecule has 0 unspecified atom stereocenters. The van der Waals surface area contributed by atoms with E-state index in [0.717, 1.165) is 5.56 Å². The zero-order valence-corrected chi connectivity index (χ0v) is 7.40. The van der Waals surface area contributed by atoms with Gasteiger partial charge in [-0.05, 0) is 24.8 Å². The lowest BCUT2D eigenvalue weighted by Gasteiger charge is -1.86. The summed E-state index contributed by atoms with van der Waals surface area (Å²) in [7, 11) is 0. The predicted molar refractivity (Wildman–Crippen MR) is 55.5 cm³/mol. The summed E-state index contributed by atoms with van der Waals surface area (Å²) in [5.41, 5.74) is 6.32. The fourth-order valence-corrected chi connectivity index (χ4v) is 0.675. The third-order valence-electron chi connectivity index (χ3n) is 1.09. The van der Waals surface area contributed by atoms with E-state index >= 15 is 0 Å². The van der Waals surface area contributed by atoms with Gasteiger partial charge in [0.25, 0.3) is 0 Å². The normalized spacial score (nSPS) is 8.75. The quantitative estimate of drug-likeness (QED) is 0.630. The Morgan fingerprint density at radius 2 is 1.75 bits per heavy atom. The van der Waals surface area contributed by atoms with Gasteiger partial charge < -0.3 is 5.73 Å². The van der Waals surface area contributed by atoms with Gasteiger partial charge in [0, 0.05) is 0 Å². The molecular formula is C11H15N. The summed E-state index contributed by atoms with van der Waals surface area (Å²) in [5.74, 6) is 0. The molecule has 12 heavy (non-hydrogen) atoms. The number of nitrogens with two attached hydrogens (primary N) is 1. The van der Waals surface area contributed by atoms with Crippen LogP contribution in [0.5, 0.6) is 0 Å². The minimum absolute atomic E-state index is 1.14. The minimum Gasteiger partial charge on any atom is -0.405 e. The van der Waals surface area contributed by atoms with Gasteiger partial charge in [0.05, 0.1) is 0 Å².